The molecule has 2 rings (SSSR count). The SMILES string of the molecule is CN=C(NCc1cc(C(=O)OC)c(C)o1)NCc1ccc(C)cc1OCCCOC. The van der Waals surface area contributed by atoms with Crippen LogP contribution in [0, 0.1) is 13.8 Å². The Balaban J connectivity index is 1.93. The zero-order valence-corrected chi connectivity index (χ0v) is 18.3. The van der Waals surface area contributed by atoms with E-state index in [1.807, 2.05) is 19.1 Å². The molecule has 0 saturated heterocycles. The van der Waals surface area contributed by atoms with Crippen molar-refractivity contribution < 1.29 is 23.4 Å². The average molecular weight is 418 g/mol. The van der Waals surface area contributed by atoms with Crippen molar-refractivity contribution in [1.82, 2.24) is 10.6 Å². The van der Waals surface area contributed by atoms with Gasteiger partial charge >= 0.3 is 5.97 Å². The van der Waals surface area contributed by atoms with Crippen molar-refractivity contribution in [3.05, 3.63) is 52.5 Å². The maximum atomic E-state index is 11.7. The fourth-order valence-electron chi connectivity index (χ4n) is 2.84. The predicted molar refractivity (Wildman–Crippen MR) is 115 cm³/mol. The van der Waals surface area contributed by atoms with Gasteiger partial charge in [-0.2, -0.15) is 0 Å². The minimum Gasteiger partial charge on any atom is -0.493 e. The Labute approximate surface area is 177 Å². The van der Waals surface area contributed by atoms with Gasteiger partial charge in [0.05, 0.1) is 20.3 Å². The van der Waals surface area contributed by atoms with Crippen LogP contribution in [0.25, 0.3) is 0 Å². The molecule has 1 aromatic heterocycles. The highest BCUT2D eigenvalue weighted by Gasteiger charge is 2.15. The zero-order chi connectivity index (χ0) is 21.9. The molecule has 0 aliphatic rings. The Morgan fingerprint density at radius 1 is 1.10 bits per heavy atom. The van der Waals surface area contributed by atoms with E-state index in [1.165, 1.54) is 7.11 Å². The van der Waals surface area contributed by atoms with E-state index in [1.54, 1.807) is 27.1 Å². The number of guanidine groups is 1. The quantitative estimate of drug-likeness (QED) is 0.266. The van der Waals surface area contributed by atoms with E-state index in [9.17, 15) is 4.79 Å². The van der Waals surface area contributed by atoms with Crippen molar-refractivity contribution in [1.29, 1.82) is 0 Å². The van der Waals surface area contributed by atoms with Gasteiger partial charge in [-0.25, -0.2) is 4.79 Å². The number of hydrogen-bond donors (Lipinski definition) is 2. The third-order valence-electron chi connectivity index (χ3n) is 4.45. The van der Waals surface area contributed by atoms with E-state index in [4.69, 9.17) is 18.6 Å². The molecular weight excluding hydrogens is 386 g/mol. The van der Waals surface area contributed by atoms with Gasteiger partial charge in [-0.15, -0.1) is 0 Å². The monoisotopic (exact) mass is 417 g/mol. The number of carbonyl (C=O) groups excluding carboxylic acids is 1. The van der Waals surface area contributed by atoms with Crippen molar-refractivity contribution in [2.75, 3.05) is 34.5 Å². The van der Waals surface area contributed by atoms with Crippen LogP contribution in [0.5, 0.6) is 5.75 Å². The van der Waals surface area contributed by atoms with Crippen molar-refractivity contribution in [2.45, 2.75) is 33.4 Å². The van der Waals surface area contributed by atoms with E-state index in [-0.39, 0.29) is 0 Å². The Morgan fingerprint density at radius 2 is 1.87 bits per heavy atom. The summed E-state index contributed by atoms with van der Waals surface area (Å²) in [6.45, 7) is 5.95. The number of carbonyl (C=O) groups is 1. The van der Waals surface area contributed by atoms with Crippen LogP contribution in [-0.2, 0) is 22.6 Å². The molecule has 0 spiro atoms. The first-order valence-corrected chi connectivity index (χ1v) is 9.81. The van der Waals surface area contributed by atoms with Gasteiger partial charge in [0.15, 0.2) is 5.96 Å². The van der Waals surface area contributed by atoms with Crippen LogP contribution in [0.1, 0.15) is 39.4 Å². The van der Waals surface area contributed by atoms with Gasteiger partial charge in [-0.05, 0) is 31.5 Å². The molecule has 1 heterocycles. The molecule has 0 bridgehead atoms. The lowest BCUT2D eigenvalue weighted by Gasteiger charge is -2.15. The highest BCUT2D eigenvalue weighted by Crippen LogP contribution is 2.20. The van der Waals surface area contributed by atoms with Gasteiger partial charge in [0.25, 0.3) is 0 Å². The standard InChI is InChI=1S/C22H31N3O5/c1-15-7-8-17(20(11-15)29-10-6-9-27-4)13-24-22(23-3)25-14-18-12-19(16(2)30-18)21(26)28-5/h7-8,11-12H,6,9-10,13-14H2,1-5H3,(H2,23,24,25). The maximum absolute atomic E-state index is 11.7. The Bertz CT molecular complexity index is 860. The highest BCUT2D eigenvalue weighted by atomic mass is 16.5. The maximum Gasteiger partial charge on any atom is 0.341 e. The van der Waals surface area contributed by atoms with Crippen molar-refractivity contribution in [3.8, 4) is 5.75 Å². The van der Waals surface area contributed by atoms with Gasteiger partial charge in [0.2, 0.25) is 0 Å². The lowest BCUT2D eigenvalue weighted by molar-refractivity contribution is 0.0599. The molecule has 30 heavy (non-hydrogen) atoms. The molecule has 0 saturated carbocycles. The van der Waals surface area contributed by atoms with Crippen LogP contribution in [0.3, 0.4) is 0 Å². The number of aryl methyl sites for hydroxylation is 2. The van der Waals surface area contributed by atoms with Gasteiger partial charge in [-0.1, -0.05) is 12.1 Å². The molecule has 0 fully saturated rings. The summed E-state index contributed by atoms with van der Waals surface area (Å²) in [5, 5.41) is 6.45. The molecule has 0 aliphatic heterocycles. The third-order valence-corrected chi connectivity index (χ3v) is 4.45. The summed E-state index contributed by atoms with van der Waals surface area (Å²) in [6, 6.07) is 7.79. The molecule has 0 atom stereocenters. The topological polar surface area (TPSA) is 94.3 Å². The normalized spacial score (nSPS) is 11.3. The number of furan rings is 1. The van der Waals surface area contributed by atoms with E-state index >= 15 is 0 Å². The Hall–Kier alpha value is -3.00. The number of esters is 1. The largest absolute Gasteiger partial charge is 0.493 e. The summed E-state index contributed by atoms with van der Waals surface area (Å²) in [6.07, 6.45) is 0.830. The molecule has 8 heteroatoms. The van der Waals surface area contributed by atoms with Crippen LogP contribution in [0.2, 0.25) is 0 Å². The number of benzene rings is 1. The van der Waals surface area contributed by atoms with Crippen molar-refractivity contribution in [3.63, 3.8) is 0 Å². The first kappa shape index (κ1) is 23.3. The van der Waals surface area contributed by atoms with E-state index in [0.29, 0.717) is 49.3 Å². The molecule has 164 valence electrons. The van der Waals surface area contributed by atoms with E-state index < -0.39 is 5.97 Å². The van der Waals surface area contributed by atoms with Crippen LogP contribution in [0.15, 0.2) is 33.7 Å². The Kier molecular flexibility index (Phi) is 9.21. The highest BCUT2D eigenvalue weighted by molar-refractivity contribution is 5.90. The minimum atomic E-state index is -0.414. The molecule has 0 amide bonds. The lowest BCUT2D eigenvalue weighted by atomic mass is 10.1. The fourth-order valence-corrected chi connectivity index (χ4v) is 2.84. The lowest BCUT2D eigenvalue weighted by Crippen LogP contribution is -2.36. The molecular formula is C22H31N3O5. The van der Waals surface area contributed by atoms with Crippen LogP contribution in [0.4, 0.5) is 0 Å². The molecule has 8 nitrogen and oxygen atoms in total. The second kappa shape index (κ2) is 11.9. The molecule has 0 radical (unpaired) electrons. The summed E-state index contributed by atoms with van der Waals surface area (Å²) in [7, 11) is 4.72. The molecule has 2 N–H and O–H groups in total. The van der Waals surface area contributed by atoms with Gasteiger partial charge in [-0.3, -0.25) is 4.99 Å². The first-order valence-electron chi connectivity index (χ1n) is 9.81. The number of hydrogen-bond acceptors (Lipinski definition) is 6. The summed E-state index contributed by atoms with van der Waals surface area (Å²) in [5.41, 5.74) is 2.59. The zero-order valence-electron chi connectivity index (χ0n) is 18.3. The predicted octanol–water partition coefficient (Wildman–Crippen LogP) is 2.96. The second-order valence-corrected chi connectivity index (χ2v) is 6.76. The van der Waals surface area contributed by atoms with Crippen molar-refractivity contribution in [2.24, 2.45) is 4.99 Å². The van der Waals surface area contributed by atoms with Crippen LogP contribution >= 0.6 is 0 Å². The number of nitrogens with one attached hydrogen (secondary N) is 2. The van der Waals surface area contributed by atoms with Gasteiger partial charge < -0.3 is 29.3 Å². The number of ether oxygens (including phenoxy) is 3. The molecule has 0 aliphatic carbocycles. The number of nitrogens with zero attached hydrogens (tertiary/aromatic N) is 1. The van der Waals surface area contributed by atoms with Crippen molar-refractivity contribution >= 4 is 11.9 Å². The number of rotatable bonds is 10. The minimum absolute atomic E-state index is 0.381. The van der Waals surface area contributed by atoms with E-state index in [0.717, 1.165) is 23.3 Å². The fraction of sp³-hybridized carbons (Fsp3) is 0.455. The number of aliphatic imine (C=N–C) groups is 1. The first-order chi connectivity index (χ1) is 14.5. The summed E-state index contributed by atoms with van der Waals surface area (Å²) < 4.78 is 21.4. The van der Waals surface area contributed by atoms with Crippen LogP contribution in [-0.4, -0.2) is 46.4 Å². The molecule has 1 aromatic carbocycles. The van der Waals surface area contributed by atoms with Gasteiger partial charge in [0.1, 0.15) is 22.8 Å². The molecule has 0 unspecified atom stereocenters. The third kappa shape index (κ3) is 6.81. The van der Waals surface area contributed by atoms with Crippen LogP contribution < -0.4 is 15.4 Å². The Morgan fingerprint density at radius 3 is 2.57 bits per heavy atom. The summed E-state index contributed by atoms with van der Waals surface area (Å²) >= 11 is 0. The smallest absolute Gasteiger partial charge is 0.341 e. The molecule has 2 aromatic rings. The second-order valence-electron chi connectivity index (χ2n) is 6.76. The van der Waals surface area contributed by atoms with Gasteiger partial charge in [0, 0.05) is 39.3 Å². The average Bonchev–Trinajstić information content (AvgIpc) is 3.12. The summed E-state index contributed by atoms with van der Waals surface area (Å²) in [5.74, 6) is 2.18. The van der Waals surface area contributed by atoms with E-state index in [2.05, 4.69) is 21.7 Å². The summed E-state index contributed by atoms with van der Waals surface area (Å²) in [4.78, 5) is 15.9. The number of methoxy groups -OCH3 is 2.